The van der Waals surface area contributed by atoms with Crippen molar-refractivity contribution in [3.8, 4) is 0 Å². The van der Waals surface area contributed by atoms with Crippen molar-refractivity contribution in [2.75, 3.05) is 0 Å². The smallest absolute Gasteiger partial charge is 0.0837 e. The van der Waals surface area contributed by atoms with E-state index in [0.717, 1.165) is 21.3 Å². The van der Waals surface area contributed by atoms with Gasteiger partial charge in [-0.15, -0.1) is 0 Å². The van der Waals surface area contributed by atoms with Crippen molar-refractivity contribution in [2.24, 2.45) is 12.8 Å². The Morgan fingerprint density at radius 2 is 2.18 bits per heavy atom. The average molecular weight is 315 g/mol. The number of hydrogen-bond acceptors (Lipinski definition) is 2. The molecule has 1 unspecified atom stereocenters. The van der Waals surface area contributed by atoms with Gasteiger partial charge in [-0.25, -0.2) is 0 Å². The van der Waals surface area contributed by atoms with Crippen LogP contribution in [0.5, 0.6) is 0 Å². The van der Waals surface area contributed by atoms with Gasteiger partial charge in [0.2, 0.25) is 0 Å². The Bertz CT molecular complexity index is 531. The van der Waals surface area contributed by atoms with Crippen LogP contribution in [0.3, 0.4) is 0 Å². The molecule has 0 aliphatic carbocycles. The predicted molar refractivity (Wildman–Crippen MR) is 73.1 cm³/mol. The van der Waals surface area contributed by atoms with E-state index in [1.807, 2.05) is 32.2 Å². The summed E-state index contributed by atoms with van der Waals surface area (Å²) in [5.41, 5.74) is 9.26. The highest BCUT2D eigenvalue weighted by Crippen LogP contribution is 2.30. The molecule has 0 saturated heterocycles. The molecule has 0 amide bonds. The van der Waals surface area contributed by atoms with Gasteiger partial charge in [-0.2, -0.15) is 5.10 Å². The Labute approximate surface area is 114 Å². The summed E-state index contributed by atoms with van der Waals surface area (Å²) >= 11 is 9.61. The lowest BCUT2D eigenvalue weighted by Gasteiger charge is -2.16. The van der Waals surface area contributed by atoms with Gasteiger partial charge in [0.15, 0.2) is 0 Å². The summed E-state index contributed by atoms with van der Waals surface area (Å²) in [6.07, 6.45) is 1.62. The first-order valence-electron chi connectivity index (χ1n) is 5.20. The lowest BCUT2D eigenvalue weighted by molar-refractivity contribution is 0.671. The second-order valence-electron chi connectivity index (χ2n) is 3.93. The van der Waals surface area contributed by atoms with Crippen LogP contribution in [0.4, 0.5) is 0 Å². The van der Waals surface area contributed by atoms with Gasteiger partial charge in [0, 0.05) is 11.5 Å². The summed E-state index contributed by atoms with van der Waals surface area (Å²) in [4.78, 5) is 0. The van der Waals surface area contributed by atoms with Crippen LogP contribution < -0.4 is 5.73 Å². The Morgan fingerprint density at radius 3 is 2.76 bits per heavy atom. The molecule has 1 aromatic heterocycles. The van der Waals surface area contributed by atoms with Crippen molar-refractivity contribution >= 4 is 27.5 Å². The van der Waals surface area contributed by atoms with E-state index in [4.69, 9.17) is 17.3 Å². The fourth-order valence-corrected chi connectivity index (χ4v) is 2.54. The summed E-state index contributed by atoms with van der Waals surface area (Å²) in [6, 6.07) is 5.70. The Kier molecular flexibility index (Phi) is 3.56. The lowest BCUT2D eigenvalue weighted by Crippen LogP contribution is -2.17. The Hall–Kier alpha value is -0.840. The van der Waals surface area contributed by atoms with Crippen LogP contribution in [0.25, 0.3) is 0 Å². The summed E-state index contributed by atoms with van der Waals surface area (Å²) in [7, 11) is 1.84. The van der Waals surface area contributed by atoms with Crippen LogP contribution in [-0.2, 0) is 7.05 Å². The molecule has 5 heteroatoms. The zero-order valence-corrected chi connectivity index (χ0v) is 12.0. The van der Waals surface area contributed by atoms with Crippen LogP contribution in [-0.4, -0.2) is 9.78 Å². The number of rotatable bonds is 2. The summed E-state index contributed by atoms with van der Waals surface area (Å²) in [6.45, 7) is 2.03. The van der Waals surface area contributed by atoms with Crippen molar-refractivity contribution in [1.29, 1.82) is 0 Å². The number of aryl methyl sites for hydroxylation is 1. The standard InChI is InChI=1S/C12H13BrClN3/c1-7-8(4-3-5-9(7)13)11(15)12-10(14)6-16-17(12)2/h3-6,11H,15H2,1-2H3. The van der Waals surface area contributed by atoms with E-state index in [1.54, 1.807) is 10.9 Å². The minimum Gasteiger partial charge on any atom is -0.319 e. The van der Waals surface area contributed by atoms with Crippen LogP contribution in [0.1, 0.15) is 22.9 Å². The lowest BCUT2D eigenvalue weighted by atomic mass is 9.99. The molecule has 90 valence electrons. The topological polar surface area (TPSA) is 43.8 Å². The number of halogens is 2. The van der Waals surface area contributed by atoms with Gasteiger partial charge in [0.1, 0.15) is 0 Å². The normalized spacial score (nSPS) is 12.8. The second kappa shape index (κ2) is 4.80. The zero-order chi connectivity index (χ0) is 12.6. The van der Waals surface area contributed by atoms with E-state index in [9.17, 15) is 0 Å². The molecule has 2 aromatic rings. The monoisotopic (exact) mass is 313 g/mol. The first-order chi connectivity index (χ1) is 8.02. The van der Waals surface area contributed by atoms with Crippen molar-refractivity contribution < 1.29 is 0 Å². The van der Waals surface area contributed by atoms with Crippen molar-refractivity contribution in [3.05, 3.63) is 50.7 Å². The van der Waals surface area contributed by atoms with Gasteiger partial charge in [-0.3, -0.25) is 4.68 Å². The summed E-state index contributed by atoms with van der Waals surface area (Å²) in [5.74, 6) is 0. The minimum atomic E-state index is -0.271. The maximum absolute atomic E-state index is 6.27. The number of nitrogens with two attached hydrogens (primary N) is 1. The molecule has 0 aliphatic heterocycles. The third-order valence-electron chi connectivity index (χ3n) is 2.88. The fraction of sp³-hybridized carbons (Fsp3) is 0.250. The minimum absolute atomic E-state index is 0.271. The number of hydrogen-bond donors (Lipinski definition) is 1. The molecule has 2 rings (SSSR count). The van der Waals surface area contributed by atoms with Gasteiger partial charge in [0.25, 0.3) is 0 Å². The first-order valence-corrected chi connectivity index (χ1v) is 6.37. The molecule has 1 heterocycles. The van der Waals surface area contributed by atoms with Gasteiger partial charge in [0.05, 0.1) is 23.0 Å². The Morgan fingerprint density at radius 1 is 1.47 bits per heavy atom. The highest BCUT2D eigenvalue weighted by atomic mass is 79.9. The van der Waals surface area contributed by atoms with Gasteiger partial charge in [-0.1, -0.05) is 39.7 Å². The SMILES string of the molecule is Cc1c(Br)cccc1C(N)c1c(Cl)cnn1C. The third-order valence-corrected chi connectivity index (χ3v) is 4.03. The van der Waals surface area contributed by atoms with Crippen molar-refractivity contribution in [1.82, 2.24) is 9.78 Å². The molecule has 1 aromatic carbocycles. The highest BCUT2D eigenvalue weighted by molar-refractivity contribution is 9.10. The fourth-order valence-electron chi connectivity index (χ4n) is 1.88. The van der Waals surface area contributed by atoms with E-state index >= 15 is 0 Å². The second-order valence-corrected chi connectivity index (χ2v) is 5.19. The van der Waals surface area contributed by atoms with E-state index in [-0.39, 0.29) is 6.04 Å². The van der Waals surface area contributed by atoms with Crippen molar-refractivity contribution in [3.63, 3.8) is 0 Å². The molecule has 0 fully saturated rings. The number of benzene rings is 1. The van der Waals surface area contributed by atoms with E-state index < -0.39 is 0 Å². The highest BCUT2D eigenvalue weighted by Gasteiger charge is 2.19. The number of aromatic nitrogens is 2. The van der Waals surface area contributed by atoms with Crippen molar-refractivity contribution in [2.45, 2.75) is 13.0 Å². The molecule has 3 nitrogen and oxygen atoms in total. The summed E-state index contributed by atoms with van der Waals surface area (Å²) in [5, 5.41) is 4.70. The largest absolute Gasteiger partial charge is 0.319 e. The Balaban J connectivity index is 2.51. The molecule has 2 N–H and O–H groups in total. The van der Waals surface area contributed by atoms with E-state index in [1.165, 1.54) is 0 Å². The van der Waals surface area contributed by atoms with Crippen LogP contribution in [0, 0.1) is 6.92 Å². The van der Waals surface area contributed by atoms with Crippen LogP contribution in [0.15, 0.2) is 28.9 Å². The summed E-state index contributed by atoms with van der Waals surface area (Å²) < 4.78 is 2.76. The van der Waals surface area contributed by atoms with Gasteiger partial charge >= 0.3 is 0 Å². The van der Waals surface area contributed by atoms with Crippen LogP contribution in [0.2, 0.25) is 5.02 Å². The van der Waals surface area contributed by atoms with Crippen LogP contribution >= 0.6 is 27.5 Å². The average Bonchev–Trinajstić information content (AvgIpc) is 2.62. The predicted octanol–water partition coefficient (Wildman–Crippen LogP) is 3.19. The molecule has 0 aliphatic rings. The quantitative estimate of drug-likeness (QED) is 0.925. The molecular weight excluding hydrogens is 302 g/mol. The van der Waals surface area contributed by atoms with E-state index in [0.29, 0.717) is 5.02 Å². The molecule has 1 atom stereocenters. The van der Waals surface area contributed by atoms with Gasteiger partial charge in [-0.05, 0) is 24.1 Å². The maximum atomic E-state index is 6.27. The van der Waals surface area contributed by atoms with E-state index in [2.05, 4.69) is 21.0 Å². The number of nitrogens with zero attached hydrogens (tertiary/aromatic N) is 2. The maximum Gasteiger partial charge on any atom is 0.0837 e. The molecule has 0 bridgehead atoms. The first kappa shape index (κ1) is 12.6. The molecule has 0 spiro atoms. The zero-order valence-electron chi connectivity index (χ0n) is 9.61. The third kappa shape index (κ3) is 2.25. The molecule has 0 saturated carbocycles. The van der Waals surface area contributed by atoms with Gasteiger partial charge < -0.3 is 5.73 Å². The molecule has 0 radical (unpaired) electrons. The molecule has 17 heavy (non-hydrogen) atoms. The molecular formula is C12H13BrClN3.